The predicted octanol–water partition coefficient (Wildman–Crippen LogP) is 3.39. The van der Waals surface area contributed by atoms with E-state index in [1.54, 1.807) is 50.2 Å². The zero-order valence-electron chi connectivity index (χ0n) is 18.4. The highest BCUT2D eigenvalue weighted by Crippen LogP contribution is 2.29. The Labute approximate surface area is 180 Å². The molecule has 0 spiro atoms. The lowest BCUT2D eigenvalue weighted by Crippen LogP contribution is -2.59. The van der Waals surface area contributed by atoms with E-state index in [4.69, 9.17) is 0 Å². The van der Waals surface area contributed by atoms with Crippen LogP contribution in [0.1, 0.15) is 36.1 Å². The molecule has 0 radical (unpaired) electrons. The third kappa shape index (κ3) is 4.06. The van der Waals surface area contributed by atoms with Crippen molar-refractivity contribution in [3.8, 4) is 0 Å². The van der Waals surface area contributed by atoms with Crippen molar-refractivity contribution in [2.24, 2.45) is 0 Å². The number of aryl methyl sites for hydroxylation is 4. The smallest absolute Gasteiger partial charge is 0.207 e. The molecule has 2 aromatic carbocycles. The summed E-state index contributed by atoms with van der Waals surface area (Å²) in [6.45, 7) is 11.4. The highest BCUT2D eigenvalue weighted by molar-refractivity contribution is 7.89. The van der Waals surface area contributed by atoms with E-state index in [1.165, 1.54) is 8.61 Å². The molecule has 6 nitrogen and oxygen atoms in total. The lowest BCUT2D eigenvalue weighted by atomic mass is 10.1. The highest BCUT2D eigenvalue weighted by atomic mass is 32.2. The van der Waals surface area contributed by atoms with Gasteiger partial charge in [0.15, 0.2) is 0 Å². The van der Waals surface area contributed by atoms with Gasteiger partial charge in [0, 0.05) is 25.2 Å². The average molecular weight is 451 g/mol. The molecule has 1 aliphatic heterocycles. The molecule has 0 N–H and O–H groups in total. The molecule has 2 aromatic rings. The van der Waals surface area contributed by atoms with Crippen LogP contribution in [0.25, 0.3) is 0 Å². The normalized spacial score (nSPS) is 21.7. The van der Waals surface area contributed by atoms with E-state index in [2.05, 4.69) is 0 Å². The second kappa shape index (κ2) is 8.07. The van der Waals surface area contributed by atoms with Crippen LogP contribution in [0.2, 0.25) is 0 Å². The molecule has 2 atom stereocenters. The van der Waals surface area contributed by atoms with Gasteiger partial charge in [-0.2, -0.15) is 8.61 Å². The van der Waals surface area contributed by atoms with E-state index >= 15 is 0 Å². The Morgan fingerprint density at radius 2 is 0.967 bits per heavy atom. The second-order valence-electron chi connectivity index (χ2n) is 8.34. The van der Waals surface area contributed by atoms with Gasteiger partial charge in [0.2, 0.25) is 20.0 Å². The minimum atomic E-state index is -3.72. The Balaban J connectivity index is 1.91. The number of sulfonamides is 2. The van der Waals surface area contributed by atoms with Gasteiger partial charge < -0.3 is 0 Å². The largest absolute Gasteiger partial charge is 0.243 e. The number of nitrogens with zero attached hydrogens (tertiary/aromatic N) is 2. The highest BCUT2D eigenvalue weighted by Gasteiger charge is 2.41. The van der Waals surface area contributed by atoms with Crippen LogP contribution >= 0.6 is 0 Å². The van der Waals surface area contributed by atoms with Crippen LogP contribution in [0.5, 0.6) is 0 Å². The van der Waals surface area contributed by atoms with Crippen LogP contribution in [0.3, 0.4) is 0 Å². The Kier molecular flexibility index (Phi) is 6.17. The molecule has 30 heavy (non-hydrogen) atoms. The summed E-state index contributed by atoms with van der Waals surface area (Å²) in [7, 11) is -7.43. The maximum absolute atomic E-state index is 13.3. The molecule has 1 fully saturated rings. The van der Waals surface area contributed by atoms with Gasteiger partial charge in [0.25, 0.3) is 0 Å². The van der Waals surface area contributed by atoms with E-state index in [1.807, 2.05) is 27.7 Å². The quantitative estimate of drug-likeness (QED) is 0.716. The molecule has 0 bridgehead atoms. The molecule has 0 saturated carbocycles. The van der Waals surface area contributed by atoms with Crippen LogP contribution in [-0.4, -0.2) is 50.6 Å². The standard InChI is InChI=1S/C22H30N2O4S2/c1-15-7-9-21(11-17(15)3)29(25,26)23-13-20(6)24(14-19(23)5)30(27,28)22-10-8-16(2)18(4)12-22/h7-12,19-20H,13-14H2,1-6H3/t19-,20-/m0/s1. The zero-order valence-corrected chi connectivity index (χ0v) is 20.0. The van der Waals surface area contributed by atoms with Gasteiger partial charge in [-0.1, -0.05) is 12.1 Å². The van der Waals surface area contributed by atoms with Crippen molar-refractivity contribution in [3.05, 3.63) is 58.7 Å². The van der Waals surface area contributed by atoms with Crippen molar-refractivity contribution in [3.63, 3.8) is 0 Å². The molecular formula is C22H30N2O4S2. The molecule has 3 rings (SSSR count). The summed E-state index contributed by atoms with van der Waals surface area (Å²) in [5, 5.41) is 0. The zero-order chi connectivity index (χ0) is 22.4. The molecule has 0 amide bonds. The summed E-state index contributed by atoms with van der Waals surface area (Å²) in [5.74, 6) is 0. The first-order valence-electron chi connectivity index (χ1n) is 10.0. The predicted molar refractivity (Wildman–Crippen MR) is 119 cm³/mol. The van der Waals surface area contributed by atoms with Crippen molar-refractivity contribution in [2.75, 3.05) is 13.1 Å². The lowest BCUT2D eigenvalue weighted by molar-refractivity contribution is 0.163. The third-order valence-corrected chi connectivity index (χ3v) is 9.99. The third-order valence-electron chi connectivity index (χ3n) is 6.04. The molecular weight excluding hydrogens is 420 g/mol. The second-order valence-corrected chi connectivity index (χ2v) is 12.1. The van der Waals surface area contributed by atoms with Crippen LogP contribution in [-0.2, 0) is 20.0 Å². The summed E-state index contributed by atoms with van der Waals surface area (Å²) < 4.78 is 55.9. The van der Waals surface area contributed by atoms with Gasteiger partial charge >= 0.3 is 0 Å². The van der Waals surface area contributed by atoms with E-state index < -0.39 is 32.1 Å². The number of hydrogen-bond donors (Lipinski definition) is 0. The van der Waals surface area contributed by atoms with E-state index in [0.717, 1.165) is 22.3 Å². The lowest BCUT2D eigenvalue weighted by Gasteiger charge is -2.42. The maximum atomic E-state index is 13.3. The van der Waals surface area contributed by atoms with Crippen molar-refractivity contribution < 1.29 is 16.8 Å². The molecule has 8 heteroatoms. The Morgan fingerprint density at radius 3 is 1.27 bits per heavy atom. The van der Waals surface area contributed by atoms with Gasteiger partial charge in [-0.15, -0.1) is 0 Å². The molecule has 1 saturated heterocycles. The van der Waals surface area contributed by atoms with Crippen molar-refractivity contribution >= 4 is 20.0 Å². The van der Waals surface area contributed by atoms with Gasteiger partial charge in [-0.05, 0) is 88.1 Å². The number of rotatable bonds is 4. The summed E-state index contributed by atoms with van der Waals surface area (Å²) in [4.78, 5) is 0.491. The van der Waals surface area contributed by atoms with Crippen LogP contribution < -0.4 is 0 Å². The SMILES string of the molecule is Cc1ccc(S(=O)(=O)N2C[C@H](C)N(S(=O)(=O)c3ccc(C)c(C)c3)C[C@@H]2C)cc1C. The summed E-state index contributed by atoms with van der Waals surface area (Å²) in [5.41, 5.74) is 3.87. The summed E-state index contributed by atoms with van der Waals surface area (Å²) in [6, 6.07) is 9.25. The average Bonchev–Trinajstić information content (AvgIpc) is 2.67. The minimum Gasteiger partial charge on any atom is -0.207 e. The molecule has 0 aliphatic carbocycles. The summed E-state index contributed by atoms with van der Waals surface area (Å²) in [6.07, 6.45) is 0. The molecule has 1 aliphatic rings. The first-order chi connectivity index (χ1) is 13.9. The number of hydrogen-bond acceptors (Lipinski definition) is 4. The Bertz CT molecular complexity index is 1080. The maximum Gasteiger partial charge on any atom is 0.243 e. The van der Waals surface area contributed by atoms with Gasteiger partial charge in [-0.25, -0.2) is 16.8 Å². The molecule has 0 unspecified atom stereocenters. The monoisotopic (exact) mass is 450 g/mol. The van der Waals surface area contributed by atoms with Crippen molar-refractivity contribution in [2.45, 2.75) is 63.4 Å². The fraction of sp³-hybridized carbons (Fsp3) is 0.455. The fourth-order valence-electron chi connectivity index (χ4n) is 3.75. The first-order valence-corrected chi connectivity index (χ1v) is 12.9. The number of piperazine rings is 1. The number of benzene rings is 2. The molecule has 164 valence electrons. The van der Waals surface area contributed by atoms with E-state index in [0.29, 0.717) is 0 Å². The fourth-order valence-corrected chi connectivity index (χ4v) is 7.33. The Morgan fingerprint density at radius 1 is 0.633 bits per heavy atom. The van der Waals surface area contributed by atoms with E-state index in [-0.39, 0.29) is 22.9 Å². The van der Waals surface area contributed by atoms with Crippen LogP contribution in [0, 0.1) is 27.7 Å². The van der Waals surface area contributed by atoms with E-state index in [9.17, 15) is 16.8 Å². The first kappa shape index (κ1) is 22.9. The van der Waals surface area contributed by atoms with Crippen molar-refractivity contribution in [1.29, 1.82) is 0 Å². The van der Waals surface area contributed by atoms with Crippen molar-refractivity contribution in [1.82, 2.24) is 8.61 Å². The topological polar surface area (TPSA) is 74.8 Å². The van der Waals surface area contributed by atoms with Gasteiger partial charge in [0.1, 0.15) is 0 Å². The Hall–Kier alpha value is -1.74. The molecule has 1 heterocycles. The van der Waals surface area contributed by atoms with Crippen LogP contribution in [0.4, 0.5) is 0 Å². The molecule has 0 aromatic heterocycles. The summed E-state index contributed by atoms with van der Waals surface area (Å²) >= 11 is 0. The minimum absolute atomic E-state index is 0.112. The van der Waals surface area contributed by atoms with Crippen LogP contribution in [0.15, 0.2) is 46.2 Å². The van der Waals surface area contributed by atoms with Gasteiger partial charge in [-0.3, -0.25) is 0 Å². The van der Waals surface area contributed by atoms with Gasteiger partial charge in [0.05, 0.1) is 9.79 Å².